The normalized spacial score (nSPS) is 23.3. The second kappa shape index (κ2) is 5.35. The van der Waals surface area contributed by atoms with Crippen molar-refractivity contribution in [2.45, 2.75) is 31.9 Å². The highest BCUT2D eigenvalue weighted by Gasteiger charge is 2.22. The molecule has 2 aromatic rings. The molecule has 19 heavy (non-hydrogen) atoms. The Bertz CT molecular complexity index is 561. The van der Waals surface area contributed by atoms with Crippen LogP contribution in [-0.4, -0.2) is 22.3 Å². The number of rotatable bonds is 4. The average Bonchev–Trinajstić information content (AvgIpc) is 2.96. The molecule has 1 fully saturated rings. The quantitative estimate of drug-likeness (QED) is 0.884. The third-order valence-corrected chi connectivity index (χ3v) is 4.24. The van der Waals surface area contributed by atoms with Gasteiger partial charge in [0.2, 0.25) is 0 Å². The largest absolute Gasteiger partial charge is 0.393 e. The van der Waals surface area contributed by atoms with Crippen molar-refractivity contribution < 1.29 is 5.11 Å². The SMILES string of the molecule is Cn1cc(CNCC2CCC(O)C2)c2ccccc21. The fourth-order valence-corrected chi connectivity index (χ4v) is 3.21. The van der Waals surface area contributed by atoms with Crippen LogP contribution in [0.1, 0.15) is 24.8 Å². The maximum Gasteiger partial charge on any atom is 0.0543 e. The van der Waals surface area contributed by atoms with E-state index in [4.69, 9.17) is 0 Å². The standard InChI is InChI=1S/C16H22N2O/c1-18-11-13(15-4-2-3-5-16(15)18)10-17-9-12-6-7-14(19)8-12/h2-5,11-12,14,17,19H,6-10H2,1H3. The Morgan fingerprint density at radius 2 is 2.16 bits per heavy atom. The van der Waals surface area contributed by atoms with Gasteiger partial charge in [0, 0.05) is 30.7 Å². The van der Waals surface area contributed by atoms with Gasteiger partial charge in [0.25, 0.3) is 0 Å². The molecular weight excluding hydrogens is 236 g/mol. The molecule has 2 atom stereocenters. The number of para-hydroxylation sites is 1. The van der Waals surface area contributed by atoms with Gasteiger partial charge >= 0.3 is 0 Å². The highest BCUT2D eigenvalue weighted by Crippen LogP contribution is 2.25. The summed E-state index contributed by atoms with van der Waals surface area (Å²) in [5, 5.41) is 14.4. The Morgan fingerprint density at radius 1 is 1.32 bits per heavy atom. The van der Waals surface area contributed by atoms with E-state index in [9.17, 15) is 5.11 Å². The molecule has 1 heterocycles. The molecule has 3 heteroatoms. The van der Waals surface area contributed by atoms with Crippen molar-refractivity contribution in [2.24, 2.45) is 13.0 Å². The first kappa shape index (κ1) is 12.7. The summed E-state index contributed by atoms with van der Waals surface area (Å²) in [6, 6.07) is 8.52. The molecule has 0 amide bonds. The van der Waals surface area contributed by atoms with Crippen LogP contribution in [0.3, 0.4) is 0 Å². The van der Waals surface area contributed by atoms with Crippen molar-refractivity contribution in [1.82, 2.24) is 9.88 Å². The Labute approximate surface area is 114 Å². The van der Waals surface area contributed by atoms with Gasteiger partial charge in [0.05, 0.1) is 6.10 Å². The molecule has 1 aliphatic rings. The molecule has 1 aliphatic carbocycles. The Balaban J connectivity index is 1.62. The van der Waals surface area contributed by atoms with E-state index < -0.39 is 0 Å². The minimum Gasteiger partial charge on any atom is -0.393 e. The zero-order chi connectivity index (χ0) is 13.2. The molecule has 2 N–H and O–H groups in total. The van der Waals surface area contributed by atoms with Gasteiger partial charge in [-0.25, -0.2) is 0 Å². The lowest BCUT2D eigenvalue weighted by molar-refractivity contribution is 0.177. The van der Waals surface area contributed by atoms with Gasteiger partial charge in [-0.2, -0.15) is 0 Å². The number of aliphatic hydroxyl groups excluding tert-OH is 1. The lowest BCUT2D eigenvalue weighted by atomic mass is 10.1. The molecule has 102 valence electrons. The van der Waals surface area contributed by atoms with Crippen LogP contribution < -0.4 is 5.32 Å². The molecule has 2 unspecified atom stereocenters. The molecule has 1 saturated carbocycles. The van der Waals surface area contributed by atoms with E-state index in [-0.39, 0.29) is 6.10 Å². The summed E-state index contributed by atoms with van der Waals surface area (Å²) in [5.74, 6) is 0.643. The van der Waals surface area contributed by atoms with Crippen LogP contribution in [0.5, 0.6) is 0 Å². The highest BCUT2D eigenvalue weighted by atomic mass is 16.3. The van der Waals surface area contributed by atoms with Gasteiger partial charge in [-0.3, -0.25) is 0 Å². The number of aromatic nitrogens is 1. The van der Waals surface area contributed by atoms with Gasteiger partial charge in [-0.15, -0.1) is 0 Å². The second-order valence-corrected chi connectivity index (χ2v) is 5.75. The first-order chi connectivity index (χ1) is 9.24. The number of hydrogen-bond acceptors (Lipinski definition) is 2. The number of fused-ring (bicyclic) bond motifs is 1. The molecular formula is C16H22N2O. The minimum atomic E-state index is -0.0654. The number of benzene rings is 1. The topological polar surface area (TPSA) is 37.2 Å². The van der Waals surface area contributed by atoms with Crippen LogP contribution in [0.2, 0.25) is 0 Å². The molecule has 1 aromatic carbocycles. The molecule has 3 rings (SSSR count). The Morgan fingerprint density at radius 3 is 2.95 bits per heavy atom. The van der Waals surface area contributed by atoms with Crippen LogP contribution in [0.15, 0.2) is 30.5 Å². The molecule has 0 aliphatic heterocycles. The van der Waals surface area contributed by atoms with E-state index in [1.807, 2.05) is 0 Å². The maximum absolute atomic E-state index is 9.53. The molecule has 0 spiro atoms. The van der Waals surface area contributed by atoms with Gasteiger partial charge in [0.1, 0.15) is 0 Å². The van der Waals surface area contributed by atoms with Gasteiger partial charge in [-0.1, -0.05) is 18.2 Å². The summed E-state index contributed by atoms with van der Waals surface area (Å²) < 4.78 is 2.19. The first-order valence-corrected chi connectivity index (χ1v) is 7.16. The van der Waals surface area contributed by atoms with Crippen molar-refractivity contribution in [3.05, 3.63) is 36.0 Å². The van der Waals surface area contributed by atoms with E-state index >= 15 is 0 Å². The van der Waals surface area contributed by atoms with E-state index in [1.165, 1.54) is 16.5 Å². The smallest absolute Gasteiger partial charge is 0.0543 e. The Hall–Kier alpha value is -1.32. The van der Waals surface area contributed by atoms with Crippen LogP contribution in [0.4, 0.5) is 0 Å². The van der Waals surface area contributed by atoms with Gasteiger partial charge < -0.3 is 15.0 Å². The third kappa shape index (κ3) is 2.67. The van der Waals surface area contributed by atoms with Crippen molar-refractivity contribution in [3.8, 4) is 0 Å². The lowest BCUT2D eigenvalue weighted by Crippen LogP contribution is -2.21. The molecule has 3 nitrogen and oxygen atoms in total. The van der Waals surface area contributed by atoms with E-state index in [1.54, 1.807) is 0 Å². The van der Waals surface area contributed by atoms with Crippen molar-refractivity contribution in [2.75, 3.05) is 6.54 Å². The summed E-state index contributed by atoms with van der Waals surface area (Å²) >= 11 is 0. The molecule has 0 radical (unpaired) electrons. The zero-order valence-electron chi connectivity index (χ0n) is 11.5. The predicted octanol–water partition coefficient (Wildman–Crippen LogP) is 2.43. The van der Waals surface area contributed by atoms with Crippen LogP contribution in [0, 0.1) is 5.92 Å². The average molecular weight is 258 g/mol. The number of aliphatic hydroxyl groups is 1. The Kier molecular flexibility index (Phi) is 3.58. The first-order valence-electron chi connectivity index (χ1n) is 7.16. The number of hydrogen-bond donors (Lipinski definition) is 2. The van der Waals surface area contributed by atoms with Crippen molar-refractivity contribution in [1.29, 1.82) is 0 Å². The second-order valence-electron chi connectivity index (χ2n) is 5.75. The monoisotopic (exact) mass is 258 g/mol. The summed E-state index contributed by atoms with van der Waals surface area (Å²) in [4.78, 5) is 0. The van der Waals surface area contributed by atoms with Crippen LogP contribution >= 0.6 is 0 Å². The van der Waals surface area contributed by atoms with E-state index in [0.717, 1.165) is 32.4 Å². The van der Waals surface area contributed by atoms with Crippen LogP contribution in [-0.2, 0) is 13.6 Å². The zero-order valence-corrected chi connectivity index (χ0v) is 11.5. The van der Waals surface area contributed by atoms with Crippen molar-refractivity contribution in [3.63, 3.8) is 0 Å². The van der Waals surface area contributed by atoms with Gasteiger partial charge in [0.15, 0.2) is 0 Å². The minimum absolute atomic E-state index is 0.0654. The highest BCUT2D eigenvalue weighted by molar-refractivity contribution is 5.83. The number of nitrogens with one attached hydrogen (secondary N) is 1. The fourth-order valence-electron chi connectivity index (χ4n) is 3.21. The lowest BCUT2D eigenvalue weighted by Gasteiger charge is -2.10. The predicted molar refractivity (Wildman–Crippen MR) is 78.0 cm³/mol. The van der Waals surface area contributed by atoms with E-state index in [2.05, 4.69) is 47.4 Å². The van der Waals surface area contributed by atoms with Crippen molar-refractivity contribution >= 4 is 10.9 Å². The summed E-state index contributed by atoms with van der Waals surface area (Å²) in [5.41, 5.74) is 2.65. The summed E-state index contributed by atoms with van der Waals surface area (Å²) in [7, 11) is 2.10. The fraction of sp³-hybridized carbons (Fsp3) is 0.500. The number of nitrogens with zero attached hydrogens (tertiary/aromatic N) is 1. The van der Waals surface area contributed by atoms with Gasteiger partial charge in [-0.05, 0) is 43.4 Å². The molecule has 1 aromatic heterocycles. The summed E-state index contributed by atoms with van der Waals surface area (Å²) in [6.45, 7) is 1.92. The molecule has 0 bridgehead atoms. The maximum atomic E-state index is 9.53. The molecule has 0 saturated heterocycles. The number of aryl methyl sites for hydroxylation is 1. The van der Waals surface area contributed by atoms with E-state index in [0.29, 0.717) is 5.92 Å². The summed E-state index contributed by atoms with van der Waals surface area (Å²) in [6.07, 6.45) is 5.23. The van der Waals surface area contributed by atoms with Crippen LogP contribution in [0.25, 0.3) is 10.9 Å². The third-order valence-electron chi connectivity index (χ3n) is 4.24.